The highest BCUT2D eigenvalue weighted by Gasteiger charge is 2.26. The Kier molecular flexibility index (Phi) is 6.72. The molecule has 0 bridgehead atoms. The fraction of sp³-hybridized carbons (Fsp3) is 0.444. The van der Waals surface area contributed by atoms with E-state index in [1.165, 1.54) is 11.3 Å². The Morgan fingerprint density at radius 3 is 2.67 bits per heavy atom. The molecule has 0 aliphatic carbocycles. The number of aromatic nitrogens is 2. The third-order valence-corrected chi connectivity index (χ3v) is 5.07. The molecule has 1 saturated heterocycles. The predicted octanol–water partition coefficient (Wildman–Crippen LogP) is 2.04. The molecule has 9 heteroatoms. The van der Waals surface area contributed by atoms with Crippen molar-refractivity contribution in [1.29, 1.82) is 0 Å². The summed E-state index contributed by atoms with van der Waals surface area (Å²) in [5, 5.41) is 14.6. The molecule has 1 aromatic carbocycles. The van der Waals surface area contributed by atoms with Crippen LogP contribution in [0.1, 0.15) is 23.4 Å². The van der Waals surface area contributed by atoms with Crippen molar-refractivity contribution < 1.29 is 14.3 Å². The summed E-state index contributed by atoms with van der Waals surface area (Å²) in [6, 6.07) is 8.70. The van der Waals surface area contributed by atoms with Crippen LogP contribution in [0.3, 0.4) is 0 Å². The second kappa shape index (κ2) is 9.43. The lowest BCUT2D eigenvalue weighted by Crippen LogP contribution is -2.49. The van der Waals surface area contributed by atoms with E-state index >= 15 is 0 Å². The number of carbonyl (C=O) groups excluding carboxylic acids is 2. The van der Waals surface area contributed by atoms with Crippen molar-refractivity contribution in [3.63, 3.8) is 0 Å². The molecule has 8 nitrogen and oxygen atoms in total. The first kappa shape index (κ1) is 19.2. The molecule has 1 aliphatic rings. The van der Waals surface area contributed by atoms with Crippen molar-refractivity contribution in [1.82, 2.24) is 20.4 Å². The maximum absolute atomic E-state index is 12.8. The fourth-order valence-electron chi connectivity index (χ4n) is 2.90. The molecule has 0 spiro atoms. The van der Waals surface area contributed by atoms with Crippen LogP contribution in [0.4, 0.5) is 9.93 Å². The van der Waals surface area contributed by atoms with E-state index < -0.39 is 6.04 Å². The normalized spacial score (nSPS) is 14.8. The number of nitrogens with one attached hydrogen (secondary N) is 2. The van der Waals surface area contributed by atoms with E-state index in [0.717, 1.165) is 31.5 Å². The second-order valence-corrected chi connectivity index (χ2v) is 7.37. The number of methoxy groups -OCH3 is 1. The number of ether oxygens (including phenoxy) is 1. The van der Waals surface area contributed by atoms with Gasteiger partial charge in [-0.1, -0.05) is 41.7 Å². The molecule has 144 valence electrons. The number of hydrogen-bond donors (Lipinski definition) is 2. The first-order valence-electron chi connectivity index (χ1n) is 8.87. The third kappa shape index (κ3) is 5.48. The Bertz CT molecular complexity index is 761. The van der Waals surface area contributed by atoms with E-state index in [1.807, 2.05) is 30.3 Å². The number of hydrogen-bond acceptors (Lipinski definition) is 6. The lowest BCUT2D eigenvalue weighted by atomic mass is 10.1. The molecule has 2 N–H and O–H groups in total. The zero-order valence-electron chi connectivity index (χ0n) is 15.2. The topological polar surface area (TPSA) is 96.5 Å². The summed E-state index contributed by atoms with van der Waals surface area (Å²) >= 11 is 1.25. The maximum Gasteiger partial charge on any atom is 0.318 e. The molecule has 1 aromatic heterocycles. The van der Waals surface area contributed by atoms with Gasteiger partial charge in [-0.2, -0.15) is 0 Å². The molecule has 2 heterocycles. The van der Waals surface area contributed by atoms with Gasteiger partial charge >= 0.3 is 6.03 Å². The van der Waals surface area contributed by atoms with Crippen LogP contribution in [-0.4, -0.2) is 53.3 Å². The number of likely N-dealkylation sites (tertiary alicyclic amines) is 1. The van der Waals surface area contributed by atoms with Crippen LogP contribution >= 0.6 is 11.3 Å². The van der Waals surface area contributed by atoms with Crippen LogP contribution < -0.4 is 10.6 Å². The molecule has 3 amide bonds. The van der Waals surface area contributed by atoms with Gasteiger partial charge in [-0.3, -0.25) is 10.1 Å². The van der Waals surface area contributed by atoms with Gasteiger partial charge in [0.25, 0.3) is 0 Å². The highest BCUT2D eigenvalue weighted by molar-refractivity contribution is 7.15. The van der Waals surface area contributed by atoms with Gasteiger partial charge in [-0.05, 0) is 18.4 Å². The Labute approximate surface area is 161 Å². The van der Waals surface area contributed by atoms with Crippen LogP contribution in [0.25, 0.3) is 0 Å². The molecule has 3 rings (SSSR count). The molecular formula is C18H23N5O3S. The van der Waals surface area contributed by atoms with Crippen molar-refractivity contribution in [2.45, 2.75) is 31.9 Å². The summed E-state index contributed by atoms with van der Waals surface area (Å²) in [7, 11) is 1.57. The number of rotatable bonds is 7. The summed E-state index contributed by atoms with van der Waals surface area (Å²) < 4.78 is 5.01. The molecule has 1 aliphatic heterocycles. The average Bonchev–Trinajstić information content (AvgIpc) is 3.34. The Hall–Kier alpha value is -2.52. The SMILES string of the molecule is COCc1nnc(NC(=O)[C@H](Cc2ccccc2)NC(=O)N2CCCC2)s1. The van der Waals surface area contributed by atoms with Gasteiger partial charge in [0.15, 0.2) is 0 Å². The highest BCUT2D eigenvalue weighted by Crippen LogP contribution is 2.17. The second-order valence-electron chi connectivity index (χ2n) is 6.31. The van der Waals surface area contributed by atoms with E-state index in [0.29, 0.717) is 23.2 Å². The summed E-state index contributed by atoms with van der Waals surface area (Å²) in [6.07, 6.45) is 2.39. The largest absolute Gasteiger partial charge is 0.377 e. The number of benzene rings is 1. The molecule has 1 atom stereocenters. The van der Waals surface area contributed by atoms with E-state index in [2.05, 4.69) is 20.8 Å². The zero-order valence-corrected chi connectivity index (χ0v) is 16.0. The van der Waals surface area contributed by atoms with Crippen LogP contribution in [0, 0.1) is 0 Å². The van der Waals surface area contributed by atoms with Gasteiger partial charge < -0.3 is 15.0 Å². The van der Waals surface area contributed by atoms with Gasteiger partial charge in [0.05, 0.1) is 0 Å². The van der Waals surface area contributed by atoms with Crippen molar-refractivity contribution in [3.8, 4) is 0 Å². The molecule has 1 fully saturated rings. The minimum absolute atomic E-state index is 0.207. The molecule has 0 radical (unpaired) electrons. The quantitative estimate of drug-likeness (QED) is 0.755. The van der Waals surface area contributed by atoms with Gasteiger partial charge in [0, 0.05) is 26.6 Å². The summed E-state index contributed by atoms with van der Waals surface area (Å²) in [5.74, 6) is -0.313. The fourth-order valence-corrected chi connectivity index (χ4v) is 3.61. The summed E-state index contributed by atoms with van der Waals surface area (Å²) in [6.45, 7) is 1.79. The highest BCUT2D eigenvalue weighted by atomic mass is 32.1. The van der Waals surface area contributed by atoms with Crippen molar-refractivity contribution in [2.75, 3.05) is 25.5 Å². The number of amides is 3. The first-order chi connectivity index (χ1) is 13.2. The van der Waals surface area contributed by atoms with Gasteiger partial charge in [-0.15, -0.1) is 10.2 Å². The van der Waals surface area contributed by atoms with Crippen LogP contribution in [0.15, 0.2) is 30.3 Å². The Morgan fingerprint density at radius 2 is 1.96 bits per heavy atom. The van der Waals surface area contributed by atoms with Crippen LogP contribution in [-0.2, 0) is 22.6 Å². The standard InChI is InChI=1S/C18H23N5O3S/c1-26-12-15-21-22-17(27-15)20-16(24)14(11-13-7-3-2-4-8-13)19-18(25)23-9-5-6-10-23/h2-4,7-8,14H,5-6,9-12H2,1H3,(H,19,25)(H,20,22,24)/t14-/m0/s1. The molecule has 0 unspecified atom stereocenters. The summed E-state index contributed by atoms with van der Waals surface area (Å²) in [5.41, 5.74) is 0.969. The Morgan fingerprint density at radius 1 is 1.22 bits per heavy atom. The van der Waals surface area contributed by atoms with Gasteiger partial charge in [-0.25, -0.2) is 4.79 Å². The van der Waals surface area contributed by atoms with Gasteiger partial charge in [0.1, 0.15) is 17.7 Å². The molecular weight excluding hydrogens is 366 g/mol. The van der Waals surface area contributed by atoms with Crippen molar-refractivity contribution >= 4 is 28.4 Å². The monoisotopic (exact) mass is 389 g/mol. The minimum atomic E-state index is -0.699. The van der Waals surface area contributed by atoms with Crippen molar-refractivity contribution in [2.24, 2.45) is 0 Å². The van der Waals surface area contributed by atoms with E-state index in [-0.39, 0.29) is 11.9 Å². The average molecular weight is 389 g/mol. The van der Waals surface area contributed by atoms with Crippen LogP contribution in [0.2, 0.25) is 0 Å². The maximum atomic E-state index is 12.8. The predicted molar refractivity (Wildman–Crippen MR) is 103 cm³/mol. The van der Waals surface area contributed by atoms with E-state index in [1.54, 1.807) is 12.0 Å². The Balaban J connectivity index is 1.68. The lowest BCUT2D eigenvalue weighted by molar-refractivity contribution is -0.118. The number of urea groups is 1. The first-order valence-corrected chi connectivity index (χ1v) is 9.69. The molecule has 27 heavy (non-hydrogen) atoms. The lowest BCUT2D eigenvalue weighted by Gasteiger charge is -2.22. The third-order valence-electron chi connectivity index (χ3n) is 4.25. The number of nitrogens with zero attached hydrogens (tertiary/aromatic N) is 3. The minimum Gasteiger partial charge on any atom is -0.377 e. The molecule has 0 saturated carbocycles. The number of carbonyl (C=O) groups is 2. The molecule has 2 aromatic rings. The zero-order chi connectivity index (χ0) is 19.1. The van der Waals surface area contributed by atoms with Gasteiger partial charge in [0.2, 0.25) is 11.0 Å². The smallest absolute Gasteiger partial charge is 0.318 e. The number of anilines is 1. The van der Waals surface area contributed by atoms with E-state index in [9.17, 15) is 9.59 Å². The summed E-state index contributed by atoms with van der Waals surface area (Å²) in [4.78, 5) is 27.0. The van der Waals surface area contributed by atoms with E-state index in [4.69, 9.17) is 4.74 Å². The van der Waals surface area contributed by atoms with Crippen LogP contribution in [0.5, 0.6) is 0 Å². The van der Waals surface area contributed by atoms with Crippen molar-refractivity contribution in [3.05, 3.63) is 40.9 Å².